The van der Waals surface area contributed by atoms with E-state index in [-0.39, 0.29) is 49.0 Å². The van der Waals surface area contributed by atoms with Gasteiger partial charge in [0.05, 0.1) is 24.9 Å². The van der Waals surface area contributed by atoms with E-state index in [0.717, 1.165) is 45.2 Å². The number of carbonyl (C=O) groups excluding carboxylic acids is 2. The van der Waals surface area contributed by atoms with E-state index in [9.17, 15) is 34.4 Å². The minimum atomic E-state index is -1.66. The zero-order valence-corrected chi connectivity index (χ0v) is 25.7. The van der Waals surface area contributed by atoms with Crippen molar-refractivity contribution in [3.63, 3.8) is 0 Å². The maximum Gasteiger partial charge on any atom is 0.410 e. The summed E-state index contributed by atoms with van der Waals surface area (Å²) in [7, 11) is 0. The molecule has 0 radical (unpaired) electrons. The summed E-state index contributed by atoms with van der Waals surface area (Å²) in [6.45, 7) is 6.55. The quantitative estimate of drug-likeness (QED) is 0.133. The van der Waals surface area contributed by atoms with Gasteiger partial charge in [-0.3, -0.25) is 4.79 Å². The van der Waals surface area contributed by atoms with Crippen LogP contribution in [0.1, 0.15) is 65.2 Å². The number of alkyl halides is 1. The number of carbonyl (C=O) groups is 2. The number of likely N-dealkylation sites (tertiary alicyclic amines) is 2. The number of amides is 2. The second kappa shape index (κ2) is 17.8. The normalized spacial score (nSPS) is 26.6. The van der Waals surface area contributed by atoms with E-state index in [4.69, 9.17) is 14.6 Å². The molecule has 43 heavy (non-hydrogen) atoms. The van der Waals surface area contributed by atoms with Gasteiger partial charge in [0.15, 0.2) is 0 Å². The fraction of sp³-hybridized carbons (Fsp3) is 0.933. The van der Waals surface area contributed by atoms with Crippen molar-refractivity contribution >= 4 is 12.0 Å². The fourth-order valence-electron chi connectivity index (χ4n) is 6.20. The molecule has 3 fully saturated rings. The molecule has 7 atom stereocenters. The second-order valence-electron chi connectivity index (χ2n) is 12.9. The Labute approximate surface area is 254 Å². The van der Waals surface area contributed by atoms with Gasteiger partial charge in [-0.1, -0.05) is 0 Å². The molecule has 6 N–H and O–H groups in total. The highest BCUT2D eigenvalue weighted by Crippen LogP contribution is 2.33. The van der Waals surface area contributed by atoms with E-state index in [0.29, 0.717) is 45.0 Å². The van der Waals surface area contributed by atoms with E-state index >= 15 is 0 Å². The maximum absolute atomic E-state index is 14.9. The molecule has 2 heterocycles. The van der Waals surface area contributed by atoms with E-state index in [2.05, 4.69) is 5.32 Å². The lowest BCUT2D eigenvalue weighted by Crippen LogP contribution is -2.55. The first-order chi connectivity index (χ1) is 20.5. The molecule has 1 saturated carbocycles. The smallest absolute Gasteiger partial charge is 0.410 e. The summed E-state index contributed by atoms with van der Waals surface area (Å²) in [4.78, 5) is 28.2. The molecule has 3 unspecified atom stereocenters. The van der Waals surface area contributed by atoms with Crippen LogP contribution in [-0.2, 0) is 14.3 Å². The highest BCUT2D eigenvalue weighted by Gasteiger charge is 2.37. The number of hydrogen-bond donors (Lipinski definition) is 6. The Morgan fingerprint density at radius 2 is 1.63 bits per heavy atom. The number of hydrogen-bond acceptors (Lipinski definition) is 10. The highest BCUT2D eigenvalue weighted by atomic mass is 19.1. The van der Waals surface area contributed by atoms with Gasteiger partial charge in [0.2, 0.25) is 5.91 Å². The number of ether oxygens (including phenoxy) is 2. The highest BCUT2D eigenvalue weighted by molar-refractivity contribution is 5.77. The molecule has 1 aliphatic carbocycles. The SMILES string of the molecule is CC(C)OC(=O)N1CCC(CCCOC2CCC(CC(=O)N3CC(CNC[C@H](O)[C@@H](O)[C@H](O)[C@H](O)CO)C3)C(F)C2)CC1. The molecule has 12 nitrogen and oxygen atoms in total. The van der Waals surface area contributed by atoms with Gasteiger partial charge in [0.1, 0.15) is 24.5 Å². The lowest BCUT2D eigenvalue weighted by molar-refractivity contribution is -0.140. The van der Waals surface area contributed by atoms with Crippen LogP contribution < -0.4 is 5.32 Å². The molecule has 2 saturated heterocycles. The number of halogens is 1. The summed E-state index contributed by atoms with van der Waals surface area (Å²) in [5.74, 6) is 0.378. The molecular formula is C30H54FN3O9. The Hall–Kier alpha value is -1.61. The molecule has 3 rings (SSSR count). The molecule has 250 valence electrons. The van der Waals surface area contributed by atoms with Crippen LogP contribution in [0.4, 0.5) is 9.18 Å². The number of piperidine rings is 1. The third-order valence-corrected chi connectivity index (χ3v) is 9.04. The molecule has 2 aliphatic heterocycles. The third-order valence-electron chi connectivity index (χ3n) is 9.04. The number of nitrogens with one attached hydrogen (secondary N) is 1. The zero-order valence-electron chi connectivity index (χ0n) is 25.7. The Balaban J connectivity index is 1.22. The lowest BCUT2D eigenvalue weighted by atomic mass is 9.83. The van der Waals surface area contributed by atoms with E-state index < -0.39 is 37.2 Å². The average Bonchev–Trinajstić information content (AvgIpc) is 2.96. The van der Waals surface area contributed by atoms with Crippen LogP contribution in [-0.4, -0.2) is 143 Å². The monoisotopic (exact) mass is 619 g/mol. The summed E-state index contributed by atoms with van der Waals surface area (Å²) in [6, 6.07) is 0. The summed E-state index contributed by atoms with van der Waals surface area (Å²) in [5.41, 5.74) is 0. The van der Waals surface area contributed by atoms with Crippen LogP contribution in [0.25, 0.3) is 0 Å². The minimum absolute atomic E-state index is 0.0223. The Morgan fingerprint density at radius 3 is 2.26 bits per heavy atom. The first-order valence-electron chi connectivity index (χ1n) is 16.0. The van der Waals surface area contributed by atoms with Crippen molar-refractivity contribution < 1.29 is 49.0 Å². The Morgan fingerprint density at radius 1 is 0.953 bits per heavy atom. The maximum atomic E-state index is 14.9. The molecule has 0 aromatic heterocycles. The van der Waals surface area contributed by atoms with Crippen LogP contribution in [0.5, 0.6) is 0 Å². The fourth-order valence-corrected chi connectivity index (χ4v) is 6.20. The summed E-state index contributed by atoms with van der Waals surface area (Å²) in [6.07, 6.45) is -1.93. The first kappa shape index (κ1) is 35.9. The average molecular weight is 620 g/mol. The summed E-state index contributed by atoms with van der Waals surface area (Å²) >= 11 is 0. The second-order valence-corrected chi connectivity index (χ2v) is 12.9. The van der Waals surface area contributed by atoms with Gasteiger partial charge in [-0.2, -0.15) is 0 Å². The van der Waals surface area contributed by atoms with Gasteiger partial charge in [-0.25, -0.2) is 9.18 Å². The van der Waals surface area contributed by atoms with Crippen molar-refractivity contribution in [3.05, 3.63) is 0 Å². The number of rotatable bonds is 16. The van der Waals surface area contributed by atoms with E-state index in [1.165, 1.54) is 0 Å². The van der Waals surface area contributed by atoms with E-state index in [1.54, 1.807) is 9.80 Å². The van der Waals surface area contributed by atoms with Crippen LogP contribution in [0.15, 0.2) is 0 Å². The van der Waals surface area contributed by atoms with Crippen LogP contribution in [0.3, 0.4) is 0 Å². The molecular weight excluding hydrogens is 565 g/mol. The third kappa shape index (κ3) is 11.4. The van der Waals surface area contributed by atoms with Crippen molar-refractivity contribution in [2.24, 2.45) is 17.8 Å². The lowest BCUT2D eigenvalue weighted by Gasteiger charge is -2.41. The molecule has 13 heteroatoms. The van der Waals surface area contributed by atoms with Crippen molar-refractivity contribution in [1.82, 2.24) is 15.1 Å². The van der Waals surface area contributed by atoms with Gasteiger partial charge in [0.25, 0.3) is 0 Å². The van der Waals surface area contributed by atoms with Crippen molar-refractivity contribution in [2.45, 2.75) is 108 Å². The number of aliphatic hydroxyl groups excluding tert-OH is 5. The minimum Gasteiger partial charge on any atom is -0.447 e. The molecule has 0 aromatic carbocycles. The molecule has 0 spiro atoms. The molecule has 0 bridgehead atoms. The topological polar surface area (TPSA) is 172 Å². The van der Waals surface area contributed by atoms with Gasteiger partial charge in [0, 0.05) is 64.6 Å². The van der Waals surface area contributed by atoms with Crippen LogP contribution >= 0.6 is 0 Å². The summed E-state index contributed by atoms with van der Waals surface area (Å²) in [5, 5.41) is 50.7. The largest absolute Gasteiger partial charge is 0.447 e. The Kier molecular flexibility index (Phi) is 14.8. The van der Waals surface area contributed by atoms with Gasteiger partial charge >= 0.3 is 6.09 Å². The van der Waals surface area contributed by atoms with E-state index in [1.807, 2.05) is 13.8 Å². The van der Waals surface area contributed by atoms with Crippen molar-refractivity contribution in [2.75, 3.05) is 52.5 Å². The number of nitrogens with zero attached hydrogens (tertiary/aromatic N) is 2. The van der Waals surface area contributed by atoms with Gasteiger partial charge < -0.3 is 50.1 Å². The predicted molar refractivity (Wildman–Crippen MR) is 156 cm³/mol. The predicted octanol–water partition coefficient (Wildman–Crippen LogP) is 0.421. The first-order valence-corrected chi connectivity index (χ1v) is 16.0. The van der Waals surface area contributed by atoms with Gasteiger partial charge in [-0.15, -0.1) is 0 Å². The summed E-state index contributed by atoms with van der Waals surface area (Å²) < 4.78 is 26.2. The van der Waals surface area contributed by atoms with Crippen LogP contribution in [0.2, 0.25) is 0 Å². The molecule has 2 amide bonds. The van der Waals surface area contributed by atoms with Gasteiger partial charge in [-0.05, 0) is 64.2 Å². The standard InChI is InChI=1S/C30H54FN3O9/c1-19(2)43-30(41)33-9-7-20(8-10-33)4-3-11-42-23-6-5-22(24(31)13-23)12-27(38)34-16-21(17-34)14-32-15-25(36)28(39)29(40)26(37)18-35/h19-26,28-29,32,35-37,39-40H,3-18H2,1-2H3/t22?,23?,24?,25-,26+,28+,29+/m0/s1. The zero-order chi connectivity index (χ0) is 31.5. The Bertz CT molecular complexity index is 842. The molecule has 0 aromatic rings. The van der Waals surface area contributed by atoms with Crippen molar-refractivity contribution in [1.29, 1.82) is 0 Å². The molecule has 3 aliphatic rings. The van der Waals surface area contributed by atoms with Crippen molar-refractivity contribution in [3.8, 4) is 0 Å². The van der Waals surface area contributed by atoms with Crippen LogP contribution in [0, 0.1) is 17.8 Å². The number of aliphatic hydroxyl groups is 5.